The monoisotopic (exact) mass is 581 g/mol. The normalized spacial score (nSPS) is 15.8. The zero-order valence-electron chi connectivity index (χ0n) is 25.1. The molecule has 3 aliphatic rings. The number of benzene rings is 3. The van der Waals surface area contributed by atoms with Gasteiger partial charge in [-0.25, -0.2) is 0 Å². The lowest BCUT2D eigenvalue weighted by Gasteiger charge is -2.32. The Morgan fingerprint density at radius 1 is 0.690 bits per heavy atom. The summed E-state index contributed by atoms with van der Waals surface area (Å²) in [5.74, 6) is 0. The van der Waals surface area contributed by atoms with Crippen LogP contribution in [-0.4, -0.2) is 34.9 Å². The van der Waals surface area contributed by atoms with Crippen molar-refractivity contribution in [3.63, 3.8) is 0 Å². The zero-order valence-corrected chi connectivity index (χ0v) is 25.9. The van der Waals surface area contributed by atoms with Gasteiger partial charge in [0.25, 0.3) is 0 Å². The number of aromatic nitrogens is 2. The minimum atomic E-state index is 0.973. The summed E-state index contributed by atoms with van der Waals surface area (Å²) in [7, 11) is 0. The van der Waals surface area contributed by atoms with E-state index in [4.69, 9.17) is 8.75 Å². The Kier molecular flexibility index (Phi) is 7.91. The van der Waals surface area contributed by atoms with E-state index in [9.17, 15) is 0 Å². The van der Waals surface area contributed by atoms with Crippen LogP contribution in [0, 0.1) is 0 Å². The average Bonchev–Trinajstić information content (AvgIpc) is 3.70. The van der Waals surface area contributed by atoms with Crippen molar-refractivity contribution in [1.82, 2.24) is 14.3 Å². The summed E-state index contributed by atoms with van der Waals surface area (Å²) >= 11 is 1.31. The van der Waals surface area contributed by atoms with E-state index in [1.807, 2.05) is 0 Å². The molecule has 7 rings (SSSR count). The molecule has 0 atom stereocenters. The number of hydrazine groups is 2. The number of fused-ring (bicyclic) bond motifs is 4. The summed E-state index contributed by atoms with van der Waals surface area (Å²) in [4.78, 5) is 5.18. The third kappa shape index (κ3) is 4.98. The van der Waals surface area contributed by atoms with Crippen LogP contribution in [0.1, 0.15) is 76.3 Å². The number of unbranched alkanes of at least 4 members (excludes halogenated alkanes) is 4. The quantitative estimate of drug-likeness (QED) is 0.163. The summed E-state index contributed by atoms with van der Waals surface area (Å²) in [6.07, 6.45) is 12.3. The molecule has 4 heterocycles. The molecule has 3 N–H and O–H groups in total. The maximum absolute atomic E-state index is 4.89. The standard InChI is InChI=1S/C34H43N7S/c1-3-5-7-17-40-19-9-11-23-21-25(13-15-27(23)40)29-31-32(36-39-35-31)30(34-33(29)37-42-38-34)26-14-16-28-24(22-26)12-10-20-41(28)18-8-6-4-2/h13-16,21-22,35-36,39H,3-12,17-20H2,1-2H3. The van der Waals surface area contributed by atoms with Crippen LogP contribution in [0.2, 0.25) is 0 Å². The molecule has 42 heavy (non-hydrogen) atoms. The summed E-state index contributed by atoms with van der Waals surface area (Å²) in [5.41, 5.74) is 24.5. The van der Waals surface area contributed by atoms with Crippen molar-refractivity contribution in [1.29, 1.82) is 0 Å². The Morgan fingerprint density at radius 3 is 1.67 bits per heavy atom. The topological polar surface area (TPSA) is 68.4 Å². The predicted octanol–water partition coefficient (Wildman–Crippen LogP) is 8.17. The number of nitrogens with one attached hydrogen (secondary N) is 3. The Morgan fingerprint density at radius 2 is 1.19 bits per heavy atom. The Bertz CT molecular complexity index is 1460. The SMILES string of the molecule is CCCCCN1CCCc2cc(-c3c4c(c(-c5ccc6c(c5)CCCN6CCCCC)c5nsnc35)NNN4)ccc21. The lowest BCUT2D eigenvalue weighted by atomic mass is 9.90. The number of hydrogen-bond acceptors (Lipinski definition) is 8. The Hall–Kier alpha value is -3.36. The molecule has 0 saturated heterocycles. The van der Waals surface area contributed by atoms with Crippen molar-refractivity contribution in [3.05, 3.63) is 47.5 Å². The van der Waals surface area contributed by atoms with E-state index in [0.717, 1.165) is 72.6 Å². The number of nitrogens with zero attached hydrogens (tertiary/aromatic N) is 4. The van der Waals surface area contributed by atoms with E-state index in [-0.39, 0.29) is 0 Å². The summed E-state index contributed by atoms with van der Waals surface area (Å²) < 4.78 is 9.79. The van der Waals surface area contributed by atoms with E-state index in [2.05, 4.69) is 76.4 Å². The van der Waals surface area contributed by atoms with Gasteiger partial charge in [0.2, 0.25) is 0 Å². The van der Waals surface area contributed by atoms with Crippen molar-refractivity contribution in [2.24, 2.45) is 0 Å². The highest BCUT2D eigenvalue weighted by Gasteiger charge is 2.29. The highest BCUT2D eigenvalue weighted by Crippen LogP contribution is 2.49. The molecule has 3 aromatic carbocycles. The van der Waals surface area contributed by atoms with Crippen LogP contribution in [-0.2, 0) is 12.8 Å². The molecule has 0 saturated carbocycles. The van der Waals surface area contributed by atoms with E-state index >= 15 is 0 Å². The molecule has 1 aromatic heterocycles. The van der Waals surface area contributed by atoms with E-state index < -0.39 is 0 Å². The van der Waals surface area contributed by atoms with Gasteiger partial charge < -0.3 is 20.7 Å². The van der Waals surface area contributed by atoms with Gasteiger partial charge in [-0.15, -0.1) is 5.53 Å². The lowest BCUT2D eigenvalue weighted by Crippen LogP contribution is -2.30. The smallest absolute Gasteiger partial charge is 0.115 e. The maximum Gasteiger partial charge on any atom is 0.115 e. The molecule has 220 valence electrons. The van der Waals surface area contributed by atoms with E-state index in [0.29, 0.717) is 0 Å². The molecular weight excluding hydrogens is 538 g/mol. The zero-order chi connectivity index (χ0) is 28.5. The van der Waals surface area contributed by atoms with E-state index in [1.54, 1.807) is 0 Å². The molecule has 3 aliphatic heterocycles. The second-order valence-electron chi connectivity index (χ2n) is 12.1. The Balaban J connectivity index is 1.28. The van der Waals surface area contributed by atoms with Crippen LogP contribution in [0.15, 0.2) is 36.4 Å². The first kappa shape index (κ1) is 27.5. The van der Waals surface area contributed by atoms with Crippen LogP contribution >= 0.6 is 11.7 Å². The van der Waals surface area contributed by atoms with Crippen molar-refractivity contribution >= 4 is 45.5 Å². The molecule has 0 bridgehead atoms. The van der Waals surface area contributed by atoms with Crippen molar-refractivity contribution < 1.29 is 0 Å². The van der Waals surface area contributed by atoms with Gasteiger partial charge in [-0.2, -0.15) is 8.75 Å². The van der Waals surface area contributed by atoms with Crippen LogP contribution < -0.4 is 26.2 Å². The number of rotatable bonds is 10. The van der Waals surface area contributed by atoms with Gasteiger partial charge >= 0.3 is 0 Å². The second kappa shape index (κ2) is 12.1. The minimum Gasteiger partial charge on any atom is -0.371 e. The van der Waals surface area contributed by atoms with Crippen molar-refractivity contribution in [2.75, 3.05) is 46.8 Å². The second-order valence-corrected chi connectivity index (χ2v) is 12.6. The largest absolute Gasteiger partial charge is 0.371 e. The van der Waals surface area contributed by atoms with E-state index in [1.165, 1.54) is 96.7 Å². The molecule has 4 aromatic rings. The maximum atomic E-state index is 4.89. The van der Waals surface area contributed by atoms with Gasteiger partial charge in [0.1, 0.15) is 11.0 Å². The predicted molar refractivity (Wildman–Crippen MR) is 179 cm³/mol. The first-order valence-corrected chi connectivity index (χ1v) is 16.9. The first-order chi connectivity index (χ1) is 20.8. The summed E-state index contributed by atoms with van der Waals surface area (Å²) in [6.45, 7) is 9.18. The van der Waals surface area contributed by atoms with Crippen LogP contribution in [0.3, 0.4) is 0 Å². The molecule has 0 amide bonds. The Labute approximate surface area is 254 Å². The summed E-state index contributed by atoms with van der Waals surface area (Å²) in [6, 6.07) is 14.1. The van der Waals surface area contributed by atoms with Gasteiger partial charge in [-0.3, -0.25) is 0 Å². The highest BCUT2D eigenvalue weighted by molar-refractivity contribution is 7.00. The van der Waals surface area contributed by atoms with Crippen LogP contribution in [0.4, 0.5) is 22.7 Å². The van der Waals surface area contributed by atoms with Crippen molar-refractivity contribution in [2.45, 2.75) is 78.1 Å². The molecule has 0 fully saturated rings. The molecule has 0 aliphatic carbocycles. The highest BCUT2D eigenvalue weighted by atomic mass is 32.1. The van der Waals surface area contributed by atoms with Gasteiger partial charge in [0.05, 0.1) is 23.1 Å². The fraction of sp³-hybridized carbons (Fsp3) is 0.471. The molecule has 0 radical (unpaired) electrons. The molecular formula is C34H43N7S. The van der Waals surface area contributed by atoms with Gasteiger partial charge in [-0.1, -0.05) is 51.7 Å². The third-order valence-electron chi connectivity index (χ3n) is 9.32. The minimum absolute atomic E-state index is 0.973. The average molecular weight is 582 g/mol. The van der Waals surface area contributed by atoms with Gasteiger partial charge in [0.15, 0.2) is 0 Å². The molecule has 8 heteroatoms. The van der Waals surface area contributed by atoms with Crippen LogP contribution in [0.5, 0.6) is 0 Å². The fourth-order valence-electron chi connectivity index (χ4n) is 7.20. The number of aryl methyl sites for hydroxylation is 2. The summed E-state index contributed by atoms with van der Waals surface area (Å²) in [5, 5.41) is 0. The molecule has 0 unspecified atom stereocenters. The number of hydrogen-bond donors (Lipinski definition) is 3. The van der Waals surface area contributed by atoms with Crippen LogP contribution in [0.25, 0.3) is 33.3 Å². The lowest BCUT2D eigenvalue weighted by molar-refractivity contribution is 0.638. The van der Waals surface area contributed by atoms with Gasteiger partial charge in [-0.05, 0) is 85.0 Å². The molecule has 7 nitrogen and oxygen atoms in total. The van der Waals surface area contributed by atoms with Gasteiger partial charge in [0, 0.05) is 48.7 Å². The number of anilines is 4. The van der Waals surface area contributed by atoms with Crippen molar-refractivity contribution in [3.8, 4) is 22.3 Å². The molecule has 0 spiro atoms. The third-order valence-corrected chi connectivity index (χ3v) is 9.84. The first-order valence-electron chi connectivity index (χ1n) is 16.1. The fourth-order valence-corrected chi connectivity index (χ4v) is 7.76.